The first-order chi connectivity index (χ1) is 15.0. The molecule has 2 fully saturated rings. The molecule has 8 nitrogen and oxygen atoms in total. The third-order valence-electron chi connectivity index (χ3n) is 5.62. The molecule has 0 atom stereocenters. The number of hydrogen-bond donors (Lipinski definition) is 2. The molecule has 2 heterocycles. The first-order valence-electron chi connectivity index (χ1n) is 10.2. The van der Waals surface area contributed by atoms with Crippen molar-refractivity contribution in [2.45, 2.75) is 31.7 Å². The van der Waals surface area contributed by atoms with Gasteiger partial charge in [0.05, 0.1) is 46.3 Å². The number of nitrogens with one attached hydrogen (secondary N) is 2. The van der Waals surface area contributed by atoms with Crippen LogP contribution in [0.5, 0.6) is 0 Å². The van der Waals surface area contributed by atoms with Gasteiger partial charge in [0, 0.05) is 23.9 Å². The zero-order chi connectivity index (χ0) is 21.4. The number of carbonyl (C=O) groups excluding carboxylic acids is 1. The van der Waals surface area contributed by atoms with Crippen molar-refractivity contribution in [2.24, 2.45) is 5.41 Å². The molecule has 2 aromatic heterocycles. The van der Waals surface area contributed by atoms with E-state index in [9.17, 15) is 4.79 Å². The smallest absolute Gasteiger partial charge is 0.251 e. The van der Waals surface area contributed by atoms with Gasteiger partial charge in [0.1, 0.15) is 0 Å². The lowest BCUT2D eigenvalue weighted by Crippen LogP contribution is -2.29. The molecule has 2 N–H and O–H groups in total. The number of hydrogen-bond acceptors (Lipinski definition) is 6. The molecule has 9 heteroatoms. The number of nitrogens with zero attached hydrogens (tertiary/aromatic N) is 5. The van der Waals surface area contributed by atoms with Gasteiger partial charge >= 0.3 is 0 Å². The summed E-state index contributed by atoms with van der Waals surface area (Å²) in [6.07, 6.45) is 9.25. The average Bonchev–Trinajstić information content (AvgIpc) is 3.73. The maximum atomic E-state index is 12.4. The maximum Gasteiger partial charge on any atom is 0.251 e. The van der Waals surface area contributed by atoms with Crippen molar-refractivity contribution in [3.05, 3.63) is 53.4 Å². The average molecular weight is 434 g/mol. The number of aromatic nitrogens is 4. The van der Waals surface area contributed by atoms with Crippen molar-refractivity contribution in [3.63, 3.8) is 0 Å². The summed E-state index contributed by atoms with van der Waals surface area (Å²) in [6.45, 7) is 0.383. The second-order valence-electron chi connectivity index (χ2n) is 8.11. The van der Waals surface area contributed by atoms with E-state index in [0.29, 0.717) is 34.8 Å². The fourth-order valence-corrected chi connectivity index (χ4v) is 3.51. The fourth-order valence-electron chi connectivity index (χ4n) is 3.31. The van der Waals surface area contributed by atoms with Crippen LogP contribution >= 0.6 is 11.6 Å². The predicted octanol–water partition coefficient (Wildman–Crippen LogP) is 4.11. The highest BCUT2D eigenvalue weighted by Crippen LogP contribution is 2.44. The first-order valence-corrected chi connectivity index (χ1v) is 10.6. The van der Waals surface area contributed by atoms with E-state index in [2.05, 4.69) is 31.8 Å². The van der Waals surface area contributed by atoms with Gasteiger partial charge in [-0.2, -0.15) is 10.4 Å². The Morgan fingerprint density at radius 1 is 1.26 bits per heavy atom. The molecule has 3 aromatic rings. The van der Waals surface area contributed by atoms with Gasteiger partial charge in [-0.1, -0.05) is 23.7 Å². The van der Waals surface area contributed by atoms with Crippen molar-refractivity contribution in [1.82, 2.24) is 25.1 Å². The van der Waals surface area contributed by atoms with Crippen molar-refractivity contribution in [1.29, 1.82) is 5.26 Å². The minimum atomic E-state index is -0.372. The molecule has 0 aliphatic heterocycles. The van der Waals surface area contributed by atoms with E-state index in [1.165, 1.54) is 0 Å². The van der Waals surface area contributed by atoms with E-state index in [4.69, 9.17) is 16.9 Å². The van der Waals surface area contributed by atoms with E-state index in [0.717, 1.165) is 36.9 Å². The Labute approximate surface area is 184 Å². The fraction of sp³-hybridized carbons (Fsp3) is 0.318. The molecule has 0 saturated heterocycles. The largest absolute Gasteiger partial charge is 0.350 e. The Kier molecular flexibility index (Phi) is 4.83. The standard InChI is InChI=1S/C22H20ClN7O/c23-18-10-25-21(28-16-9-27-30(11-16)17-5-6-17)29-19(18)14-1-3-15(4-2-14)20(31)26-13-22(12-24)7-8-22/h1-4,9-11,17H,5-8,13H2,(H,26,31)(H,25,28,29). The van der Waals surface area contributed by atoms with Gasteiger partial charge in [-0.05, 0) is 37.8 Å². The van der Waals surface area contributed by atoms with Crippen LogP contribution in [0.2, 0.25) is 5.02 Å². The second-order valence-corrected chi connectivity index (χ2v) is 8.51. The second kappa shape index (κ2) is 7.67. The first kappa shape index (κ1) is 19.5. The van der Waals surface area contributed by atoms with E-state index < -0.39 is 0 Å². The highest BCUT2D eigenvalue weighted by Gasteiger charge is 2.43. The Balaban J connectivity index is 1.29. The van der Waals surface area contributed by atoms with Crippen LogP contribution in [0.4, 0.5) is 11.6 Å². The van der Waals surface area contributed by atoms with Gasteiger partial charge in [0.15, 0.2) is 0 Å². The zero-order valence-corrected chi connectivity index (χ0v) is 17.4. The van der Waals surface area contributed by atoms with Crippen LogP contribution in [0, 0.1) is 16.7 Å². The van der Waals surface area contributed by atoms with Crippen molar-refractivity contribution in [3.8, 4) is 17.3 Å². The number of amides is 1. The van der Waals surface area contributed by atoms with Crippen LogP contribution in [0.15, 0.2) is 42.9 Å². The minimum absolute atomic E-state index is 0.197. The molecule has 2 aliphatic carbocycles. The summed E-state index contributed by atoms with van der Waals surface area (Å²) in [7, 11) is 0. The minimum Gasteiger partial charge on any atom is -0.350 e. The monoisotopic (exact) mass is 433 g/mol. The number of rotatable bonds is 7. The lowest BCUT2D eigenvalue weighted by Gasteiger charge is -2.10. The molecule has 156 valence electrons. The van der Waals surface area contributed by atoms with Crippen LogP contribution in [0.25, 0.3) is 11.3 Å². The van der Waals surface area contributed by atoms with E-state index in [1.54, 1.807) is 36.7 Å². The number of halogens is 1. The molecule has 2 aliphatic rings. The Morgan fingerprint density at radius 3 is 2.71 bits per heavy atom. The van der Waals surface area contributed by atoms with Gasteiger partial charge in [0.25, 0.3) is 5.91 Å². The molecule has 2 saturated carbocycles. The Bertz CT molecular complexity index is 1170. The molecule has 5 rings (SSSR count). The number of nitriles is 1. The van der Waals surface area contributed by atoms with Crippen LogP contribution in [0.1, 0.15) is 42.1 Å². The molecule has 0 unspecified atom stereocenters. The molecule has 1 amide bonds. The highest BCUT2D eigenvalue weighted by atomic mass is 35.5. The Hall–Kier alpha value is -3.44. The van der Waals surface area contributed by atoms with Crippen LogP contribution < -0.4 is 10.6 Å². The van der Waals surface area contributed by atoms with Crippen molar-refractivity contribution in [2.75, 3.05) is 11.9 Å². The number of carbonyl (C=O) groups is 1. The normalized spacial score (nSPS) is 16.4. The maximum absolute atomic E-state index is 12.4. The van der Waals surface area contributed by atoms with Gasteiger partial charge in [-0.25, -0.2) is 9.97 Å². The van der Waals surface area contributed by atoms with E-state index >= 15 is 0 Å². The molecule has 0 spiro atoms. The van der Waals surface area contributed by atoms with Crippen molar-refractivity contribution >= 4 is 29.1 Å². The molecule has 31 heavy (non-hydrogen) atoms. The number of anilines is 2. The molecule has 1 aromatic carbocycles. The summed E-state index contributed by atoms with van der Waals surface area (Å²) in [5.41, 5.74) is 2.31. The summed E-state index contributed by atoms with van der Waals surface area (Å²) in [4.78, 5) is 21.2. The van der Waals surface area contributed by atoms with Gasteiger partial charge in [0.2, 0.25) is 5.95 Å². The van der Waals surface area contributed by atoms with Gasteiger partial charge in [-0.15, -0.1) is 0 Å². The summed E-state index contributed by atoms with van der Waals surface area (Å²) in [5.74, 6) is 0.222. The van der Waals surface area contributed by atoms with Crippen LogP contribution in [0.3, 0.4) is 0 Å². The number of benzene rings is 1. The lowest BCUT2D eigenvalue weighted by atomic mass is 10.1. The lowest BCUT2D eigenvalue weighted by molar-refractivity contribution is 0.0948. The third kappa shape index (κ3) is 4.23. The molecule has 0 bridgehead atoms. The van der Waals surface area contributed by atoms with E-state index in [-0.39, 0.29) is 11.3 Å². The molecular formula is C22H20ClN7O. The van der Waals surface area contributed by atoms with E-state index in [1.807, 2.05) is 10.9 Å². The van der Waals surface area contributed by atoms with Crippen LogP contribution in [-0.4, -0.2) is 32.2 Å². The summed E-state index contributed by atoms with van der Waals surface area (Å²) >= 11 is 6.33. The predicted molar refractivity (Wildman–Crippen MR) is 116 cm³/mol. The molecule has 0 radical (unpaired) electrons. The molecular weight excluding hydrogens is 414 g/mol. The zero-order valence-electron chi connectivity index (χ0n) is 16.7. The topological polar surface area (TPSA) is 109 Å². The van der Waals surface area contributed by atoms with Gasteiger partial charge in [-0.3, -0.25) is 9.48 Å². The third-order valence-corrected chi connectivity index (χ3v) is 5.90. The van der Waals surface area contributed by atoms with Gasteiger partial charge < -0.3 is 10.6 Å². The summed E-state index contributed by atoms with van der Waals surface area (Å²) in [5, 5.41) is 19.9. The van der Waals surface area contributed by atoms with Crippen LogP contribution in [-0.2, 0) is 0 Å². The summed E-state index contributed by atoms with van der Waals surface area (Å²) in [6, 6.07) is 9.83. The summed E-state index contributed by atoms with van der Waals surface area (Å²) < 4.78 is 1.95. The SMILES string of the molecule is N#CC1(CNC(=O)c2ccc(-c3nc(Nc4cnn(C5CC5)c4)ncc3Cl)cc2)CC1. The Morgan fingerprint density at radius 2 is 2.03 bits per heavy atom. The van der Waals surface area contributed by atoms with Crippen molar-refractivity contribution < 1.29 is 4.79 Å². The quantitative estimate of drug-likeness (QED) is 0.580. The highest BCUT2D eigenvalue weighted by molar-refractivity contribution is 6.32.